The predicted molar refractivity (Wildman–Crippen MR) is 79.4 cm³/mol. The van der Waals surface area contributed by atoms with Crippen molar-refractivity contribution in [3.63, 3.8) is 0 Å². The van der Waals surface area contributed by atoms with Gasteiger partial charge in [0.2, 0.25) is 10.0 Å². The zero-order valence-corrected chi connectivity index (χ0v) is 13.6. The fourth-order valence-corrected chi connectivity index (χ4v) is 5.11. The molecule has 3 nitrogen and oxygen atoms in total. The molecule has 0 unspecified atom stereocenters. The molecule has 0 amide bonds. The molecule has 0 N–H and O–H groups in total. The highest BCUT2D eigenvalue weighted by Crippen LogP contribution is 2.32. The van der Waals surface area contributed by atoms with Crippen LogP contribution in [0.5, 0.6) is 0 Å². The molecule has 1 saturated heterocycles. The van der Waals surface area contributed by atoms with E-state index in [1.54, 1.807) is 28.6 Å². The molecular weight excluding hydrogens is 334 g/mol. The first-order valence-corrected chi connectivity index (χ1v) is 8.93. The van der Waals surface area contributed by atoms with Crippen molar-refractivity contribution >= 4 is 37.7 Å². The van der Waals surface area contributed by atoms with Crippen LogP contribution in [0, 0.1) is 0 Å². The Morgan fingerprint density at radius 1 is 1.28 bits per heavy atom. The number of halogens is 1. The second-order valence-electron chi connectivity index (χ2n) is 4.90. The topological polar surface area (TPSA) is 37.4 Å². The van der Waals surface area contributed by atoms with Crippen LogP contribution in [0.2, 0.25) is 0 Å². The Morgan fingerprint density at radius 2 is 1.89 bits per heavy atom. The molecule has 1 aliphatic rings. The molecule has 100 valence electrons. The van der Waals surface area contributed by atoms with Crippen LogP contribution in [0.4, 0.5) is 0 Å². The van der Waals surface area contributed by atoms with E-state index in [0.29, 0.717) is 18.0 Å². The lowest BCUT2D eigenvalue weighted by Gasteiger charge is -2.36. The first-order valence-electron chi connectivity index (χ1n) is 5.71. The summed E-state index contributed by atoms with van der Waals surface area (Å²) < 4.78 is 27.4. The zero-order chi connectivity index (χ0) is 13.4. The number of thioether (sulfide) groups is 1. The third kappa shape index (κ3) is 3.10. The van der Waals surface area contributed by atoms with Gasteiger partial charge in [-0.3, -0.25) is 0 Å². The number of hydrogen-bond donors (Lipinski definition) is 0. The van der Waals surface area contributed by atoms with Gasteiger partial charge in [-0.15, -0.1) is 0 Å². The van der Waals surface area contributed by atoms with E-state index in [1.165, 1.54) is 0 Å². The van der Waals surface area contributed by atoms with Gasteiger partial charge in [-0.2, -0.15) is 16.1 Å². The van der Waals surface area contributed by atoms with Crippen LogP contribution in [0.15, 0.2) is 33.6 Å². The van der Waals surface area contributed by atoms with Gasteiger partial charge in [0.1, 0.15) is 0 Å². The molecule has 1 aromatic rings. The lowest BCUT2D eigenvalue weighted by atomic mass is 10.2. The Kier molecular flexibility index (Phi) is 4.11. The molecular formula is C12H16BrNO2S2. The van der Waals surface area contributed by atoms with Gasteiger partial charge in [-0.05, 0) is 38.1 Å². The van der Waals surface area contributed by atoms with Gasteiger partial charge in [0, 0.05) is 28.1 Å². The lowest BCUT2D eigenvalue weighted by molar-refractivity contribution is 0.387. The third-order valence-corrected chi connectivity index (χ3v) is 6.53. The Hall–Kier alpha value is -0.0400. The fraction of sp³-hybridized carbons (Fsp3) is 0.500. The van der Waals surface area contributed by atoms with Gasteiger partial charge in [0.25, 0.3) is 0 Å². The molecule has 2 rings (SSSR count). The smallest absolute Gasteiger partial charge is 0.207 e. The van der Waals surface area contributed by atoms with Crippen molar-refractivity contribution in [3.8, 4) is 0 Å². The Morgan fingerprint density at radius 3 is 2.44 bits per heavy atom. The van der Waals surface area contributed by atoms with Crippen LogP contribution in [0.1, 0.15) is 13.8 Å². The van der Waals surface area contributed by atoms with Crippen molar-refractivity contribution in [3.05, 3.63) is 28.7 Å². The normalized spacial score (nSPS) is 20.8. The van der Waals surface area contributed by atoms with Crippen LogP contribution in [0.25, 0.3) is 0 Å². The number of rotatable bonds is 2. The number of sulfonamides is 1. The van der Waals surface area contributed by atoms with Crippen molar-refractivity contribution in [2.75, 3.05) is 18.8 Å². The van der Waals surface area contributed by atoms with E-state index in [9.17, 15) is 8.42 Å². The van der Waals surface area contributed by atoms with Gasteiger partial charge >= 0.3 is 0 Å². The lowest BCUT2D eigenvalue weighted by Crippen LogP contribution is -2.46. The van der Waals surface area contributed by atoms with Gasteiger partial charge in [-0.25, -0.2) is 8.42 Å². The molecule has 6 heteroatoms. The molecule has 18 heavy (non-hydrogen) atoms. The first kappa shape index (κ1) is 14.4. The van der Waals surface area contributed by atoms with Gasteiger partial charge in [0.05, 0.1) is 4.90 Å². The van der Waals surface area contributed by atoms with Gasteiger partial charge in [0.15, 0.2) is 0 Å². The monoisotopic (exact) mass is 349 g/mol. The van der Waals surface area contributed by atoms with E-state index in [1.807, 2.05) is 11.8 Å². The van der Waals surface area contributed by atoms with Crippen LogP contribution < -0.4 is 0 Å². The molecule has 0 saturated carbocycles. The molecule has 1 aromatic carbocycles. The maximum absolute atomic E-state index is 12.5. The molecule has 1 aliphatic heterocycles. The fourth-order valence-electron chi connectivity index (χ4n) is 1.93. The number of nitrogens with zero attached hydrogens (tertiary/aromatic N) is 1. The number of hydrogen-bond acceptors (Lipinski definition) is 3. The van der Waals surface area contributed by atoms with Crippen molar-refractivity contribution in [2.24, 2.45) is 0 Å². The average molecular weight is 350 g/mol. The van der Waals surface area contributed by atoms with Crippen LogP contribution in [-0.2, 0) is 10.0 Å². The standard InChI is InChI=1S/C12H16BrNO2S2/c1-12(2)9-14(7-8-17-12)18(15,16)11-5-3-10(13)4-6-11/h3-6H,7-9H2,1-2H3. The molecule has 0 spiro atoms. The second kappa shape index (κ2) is 5.15. The van der Waals surface area contributed by atoms with E-state index < -0.39 is 10.0 Å². The minimum absolute atomic E-state index is 0.0132. The second-order valence-corrected chi connectivity index (χ2v) is 9.56. The Bertz CT molecular complexity index is 526. The minimum atomic E-state index is -3.35. The number of benzene rings is 1. The van der Waals surface area contributed by atoms with Crippen molar-refractivity contribution < 1.29 is 8.42 Å². The minimum Gasteiger partial charge on any atom is -0.207 e. The van der Waals surface area contributed by atoms with Crippen LogP contribution >= 0.6 is 27.7 Å². The van der Waals surface area contributed by atoms with Gasteiger partial charge in [-0.1, -0.05) is 15.9 Å². The summed E-state index contributed by atoms with van der Waals surface area (Å²) in [6.07, 6.45) is 0. The van der Waals surface area contributed by atoms with Crippen LogP contribution in [0.3, 0.4) is 0 Å². The highest BCUT2D eigenvalue weighted by atomic mass is 79.9. The first-order chi connectivity index (χ1) is 8.31. The van der Waals surface area contributed by atoms with Crippen molar-refractivity contribution in [1.82, 2.24) is 4.31 Å². The van der Waals surface area contributed by atoms with E-state index in [2.05, 4.69) is 29.8 Å². The molecule has 0 bridgehead atoms. The van der Waals surface area contributed by atoms with Gasteiger partial charge < -0.3 is 0 Å². The highest BCUT2D eigenvalue weighted by Gasteiger charge is 2.34. The zero-order valence-electron chi connectivity index (χ0n) is 10.4. The molecule has 0 atom stereocenters. The summed E-state index contributed by atoms with van der Waals surface area (Å²) in [5.74, 6) is 0.850. The Labute approximate surface area is 121 Å². The summed E-state index contributed by atoms with van der Waals surface area (Å²) in [6, 6.07) is 6.82. The molecule has 0 radical (unpaired) electrons. The SMILES string of the molecule is CC1(C)CN(S(=O)(=O)c2ccc(Br)cc2)CCS1. The van der Waals surface area contributed by atoms with Crippen molar-refractivity contribution in [1.29, 1.82) is 0 Å². The molecule has 1 fully saturated rings. The van der Waals surface area contributed by atoms with E-state index in [4.69, 9.17) is 0 Å². The molecule has 1 heterocycles. The Balaban J connectivity index is 2.28. The summed E-state index contributed by atoms with van der Waals surface area (Å²) >= 11 is 5.14. The molecule has 0 aromatic heterocycles. The maximum Gasteiger partial charge on any atom is 0.243 e. The van der Waals surface area contributed by atoms with Crippen LogP contribution in [-0.4, -0.2) is 36.3 Å². The summed E-state index contributed by atoms with van der Waals surface area (Å²) in [5.41, 5.74) is 0. The average Bonchev–Trinajstić information content (AvgIpc) is 2.28. The summed E-state index contributed by atoms with van der Waals surface area (Å²) in [5, 5.41) is 0. The summed E-state index contributed by atoms with van der Waals surface area (Å²) in [4.78, 5) is 0.369. The summed E-state index contributed by atoms with van der Waals surface area (Å²) in [7, 11) is -3.35. The third-order valence-electron chi connectivity index (χ3n) is 2.84. The maximum atomic E-state index is 12.5. The molecule has 0 aliphatic carbocycles. The van der Waals surface area contributed by atoms with E-state index >= 15 is 0 Å². The summed E-state index contributed by atoms with van der Waals surface area (Å²) in [6.45, 7) is 5.32. The van der Waals surface area contributed by atoms with E-state index in [-0.39, 0.29) is 4.75 Å². The highest BCUT2D eigenvalue weighted by molar-refractivity contribution is 9.10. The van der Waals surface area contributed by atoms with E-state index in [0.717, 1.165) is 10.2 Å². The quantitative estimate of drug-likeness (QED) is 0.823. The van der Waals surface area contributed by atoms with Crippen molar-refractivity contribution in [2.45, 2.75) is 23.5 Å². The largest absolute Gasteiger partial charge is 0.243 e. The predicted octanol–water partition coefficient (Wildman–Crippen LogP) is 2.97.